The Morgan fingerprint density at radius 3 is 2.27 bits per heavy atom. The van der Waals surface area contributed by atoms with Crippen molar-refractivity contribution < 1.29 is 0 Å². The molecule has 0 saturated carbocycles. The summed E-state index contributed by atoms with van der Waals surface area (Å²) in [5.41, 5.74) is 0.414. The Bertz CT molecular complexity index is 371. The summed E-state index contributed by atoms with van der Waals surface area (Å²) in [6.07, 6.45) is 0. The summed E-state index contributed by atoms with van der Waals surface area (Å²) >= 11 is 6.12. The van der Waals surface area contributed by atoms with E-state index in [-0.39, 0.29) is 0 Å². The van der Waals surface area contributed by atoms with Crippen LogP contribution in [0.3, 0.4) is 0 Å². The molecular weight excluding hydrogens is 240 g/mol. The van der Waals surface area contributed by atoms with Crippen molar-refractivity contribution in [3.8, 4) is 0 Å². The predicted octanol–water partition coefficient (Wildman–Crippen LogP) is 4.98. The first-order chi connectivity index (χ1) is 6.89. The summed E-state index contributed by atoms with van der Waals surface area (Å²) in [5, 5.41) is 0.752. The van der Waals surface area contributed by atoms with Crippen LogP contribution in [0.25, 0.3) is 0 Å². The van der Waals surface area contributed by atoms with Crippen LogP contribution in [0.4, 0.5) is 0 Å². The Kier molecular flexibility index (Phi) is 3.17. The summed E-state index contributed by atoms with van der Waals surface area (Å²) in [4.78, 5) is 6.14. The van der Waals surface area contributed by atoms with Crippen molar-refractivity contribution in [2.75, 3.05) is 5.75 Å². The van der Waals surface area contributed by atoms with E-state index in [1.54, 1.807) is 9.79 Å². The number of hydrogen-bond donors (Lipinski definition) is 0. The van der Waals surface area contributed by atoms with E-state index < -0.39 is 0 Å². The first kappa shape index (κ1) is 11.9. The van der Waals surface area contributed by atoms with E-state index in [1.807, 2.05) is 11.3 Å². The Morgan fingerprint density at radius 1 is 1.07 bits per heavy atom. The molecule has 1 aliphatic rings. The fraction of sp³-hybridized carbons (Fsp3) is 0.667. The molecule has 0 nitrogen and oxygen atoms in total. The van der Waals surface area contributed by atoms with Crippen LogP contribution in [0.2, 0.25) is 0 Å². The molecule has 1 aromatic heterocycles. The molecule has 1 atom stereocenters. The molecule has 2 rings (SSSR count). The predicted molar refractivity (Wildman–Crippen MR) is 73.6 cm³/mol. The molecule has 0 fully saturated rings. The van der Waals surface area contributed by atoms with Gasteiger partial charge in [-0.3, -0.25) is 0 Å². The first-order valence-electron chi connectivity index (χ1n) is 5.29. The zero-order valence-corrected chi connectivity index (χ0v) is 12.5. The van der Waals surface area contributed by atoms with Crippen molar-refractivity contribution in [2.45, 2.75) is 49.7 Å². The normalized spacial score (nSPS) is 21.5. The highest BCUT2D eigenvalue weighted by Gasteiger charge is 2.32. The average molecular weight is 258 g/mol. The van der Waals surface area contributed by atoms with Crippen LogP contribution >= 0.6 is 34.9 Å². The van der Waals surface area contributed by atoms with Crippen LogP contribution in [-0.2, 0) is 0 Å². The lowest BCUT2D eigenvalue weighted by molar-refractivity contribution is 0.413. The smallest absolute Gasteiger partial charge is 0.0351 e. The van der Waals surface area contributed by atoms with Gasteiger partial charge in [-0.2, -0.15) is 0 Å². The van der Waals surface area contributed by atoms with Gasteiger partial charge in [0.1, 0.15) is 0 Å². The van der Waals surface area contributed by atoms with E-state index in [1.165, 1.54) is 15.5 Å². The van der Waals surface area contributed by atoms with Crippen LogP contribution in [0.5, 0.6) is 0 Å². The summed E-state index contributed by atoms with van der Waals surface area (Å²) < 4.78 is 0. The molecule has 0 spiro atoms. The van der Waals surface area contributed by atoms with Crippen molar-refractivity contribution >= 4 is 34.9 Å². The zero-order valence-electron chi connectivity index (χ0n) is 10.0. The summed E-state index contributed by atoms with van der Waals surface area (Å²) in [6, 6.07) is 0. The Hall–Kier alpha value is 0.400. The van der Waals surface area contributed by atoms with Gasteiger partial charge in [0.05, 0.1) is 0 Å². The molecule has 0 saturated heterocycles. The Balaban J connectivity index is 2.31. The third kappa shape index (κ3) is 2.25. The highest BCUT2D eigenvalue weighted by molar-refractivity contribution is 8.06. The number of aryl methyl sites for hydroxylation is 2. The maximum atomic E-state index is 2.35. The summed E-state index contributed by atoms with van der Waals surface area (Å²) in [5.74, 6) is 1.26. The fourth-order valence-electron chi connectivity index (χ4n) is 1.71. The molecule has 0 N–H and O–H groups in total. The second-order valence-electron chi connectivity index (χ2n) is 5.16. The van der Waals surface area contributed by atoms with Gasteiger partial charge in [0.25, 0.3) is 0 Å². The Labute approximate surface area is 105 Å². The molecule has 3 heteroatoms. The third-order valence-corrected chi connectivity index (χ3v) is 7.58. The molecule has 0 radical (unpaired) electrons. The molecule has 15 heavy (non-hydrogen) atoms. The van der Waals surface area contributed by atoms with Gasteiger partial charge < -0.3 is 0 Å². The van der Waals surface area contributed by atoms with Crippen LogP contribution in [0.15, 0.2) is 9.79 Å². The molecule has 1 aromatic rings. The second-order valence-corrected chi connectivity index (χ2v) is 8.83. The van der Waals surface area contributed by atoms with Gasteiger partial charge in [0.15, 0.2) is 0 Å². The lowest BCUT2D eigenvalue weighted by Crippen LogP contribution is -2.27. The van der Waals surface area contributed by atoms with E-state index in [0.717, 1.165) is 5.25 Å². The number of thiophene rings is 1. The summed E-state index contributed by atoms with van der Waals surface area (Å²) in [7, 11) is 0. The summed E-state index contributed by atoms with van der Waals surface area (Å²) in [6.45, 7) is 11.6. The van der Waals surface area contributed by atoms with Gasteiger partial charge in [0, 0.05) is 30.5 Å². The lowest BCUT2D eigenvalue weighted by Gasteiger charge is -2.33. The van der Waals surface area contributed by atoms with Gasteiger partial charge in [-0.1, -0.05) is 20.8 Å². The van der Waals surface area contributed by atoms with Crippen molar-refractivity contribution in [1.29, 1.82) is 0 Å². The minimum absolute atomic E-state index is 0.414. The van der Waals surface area contributed by atoms with Crippen LogP contribution < -0.4 is 0 Å². The number of hydrogen-bond acceptors (Lipinski definition) is 3. The number of fused-ring (bicyclic) bond motifs is 1. The Morgan fingerprint density at radius 2 is 1.67 bits per heavy atom. The molecule has 0 aromatic carbocycles. The maximum absolute atomic E-state index is 2.35. The van der Waals surface area contributed by atoms with Gasteiger partial charge in [-0.25, -0.2) is 0 Å². The largest absolute Gasteiger partial charge is 0.144 e. The van der Waals surface area contributed by atoms with Gasteiger partial charge >= 0.3 is 0 Å². The number of thioether (sulfide) groups is 2. The first-order valence-corrected chi connectivity index (χ1v) is 7.97. The molecule has 0 bridgehead atoms. The maximum Gasteiger partial charge on any atom is 0.0351 e. The molecule has 1 aliphatic heterocycles. The van der Waals surface area contributed by atoms with Gasteiger partial charge in [0.2, 0.25) is 0 Å². The van der Waals surface area contributed by atoms with E-state index in [4.69, 9.17) is 0 Å². The SMILES string of the molecule is Cc1sc(C)c2c1SCC(C(C)(C)C)S2. The topological polar surface area (TPSA) is 0 Å². The van der Waals surface area contributed by atoms with Crippen molar-refractivity contribution in [3.63, 3.8) is 0 Å². The van der Waals surface area contributed by atoms with Gasteiger partial charge in [-0.15, -0.1) is 34.9 Å². The second kappa shape index (κ2) is 4.01. The van der Waals surface area contributed by atoms with Crippen LogP contribution in [-0.4, -0.2) is 11.0 Å². The van der Waals surface area contributed by atoms with Crippen molar-refractivity contribution in [1.82, 2.24) is 0 Å². The molecular formula is C12H18S3. The van der Waals surface area contributed by atoms with Crippen LogP contribution in [0.1, 0.15) is 30.5 Å². The number of rotatable bonds is 0. The van der Waals surface area contributed by atoms with E-state index >= 15 is 0 Å². The molecule has 2 heterocycles. The lowest BCUT2D eigenvalue weighted by atomic mass is 9.93. The minimum atomic E-state index is 0.414. The van der Waals surface area contributed by atoms with E-state index in [9.17, 15) is 0 Å². The van der Waals surface area contributed by atoms with E-state index in [0.29, 0.717) is 5.41 Å². The standard InChI is InChI=1S/C12H18S3/c1-7-10-11(8(2)14-7)15-9(6-13-10)12(3,4)5/h9H,6H2,1-5H3. The zero-order chi connectivity index (χ0) is 11.2. The fourth-order valence-corrected chi connectivity index (χ4v) is 6.42. The van der Waals surface area contributed by atoms with E-state index in [2.05, 4.69) is 58.1 Å². The quantitative estimate of drug-likeness (QED) is 0.644. The highest BCUT2D eigenvalue weighted by Crippen LogP contribution is 2.51. The monoisotopic (exact) mass is 258 g/mol. The minimum Gasteiger partial charge on any atom is -0.144 e. The van der Waals surface area contributed by atoms with Gasteiger partial charge in [-0.05, 0) is 19.3 Å². The molecule has 1 unspecified atom stereocenters. The van der Waals surface area contributed by atoms with Crippen molar-refractivity contribution in [3.05, 3.63) is 9.75 Å². The highest BCUT2D eigenvalue weighted by atomic mass is 32.2. The van der Waals surface area contributed by atoms with Crippen LogP contribution in [0, 0.1) is 19.3 Å². The molecule has 0 aliphatic carbocycles. The molecule has 0 amide bonds. The molecule has 84 valence electrons. The average Bonchev–Trinajstić information content (AvgIpc) is 2.41. The van der Waals surface area contributed by atoms with Crippen molar-refractivity contribution in [2.24, 2.45) is 5.41 Å². The third-order valence-electron chi connectivity index (χ3n) is 2.76.